The summed E-state index contributed by atoms with van der Waals surface area (Å²) in [7, 11) is 0. The average molecular weight is 404 g/mol. The molecule has 0 saturated heterocycles. The summed E-state index contributed by atoms with van der Waals surface area (Å²) in [6.45, 7) is 1.08. The van der Waals surface area contributed by atoms with E-state index in [1.165, 1.54) is 11.8 Å². The van der Waals surface area contributed by atoms with Crippen LogP contribution in [-0.4, -0.2) is 21.2 Å². The first kappa shape index (κ1) is 19.1. The summed E-state index contributed by atoms with van der Waals surface area (Å²) in [4.78, 5) is 16.9. The predicted molar refractivity (Wildman–Crippen MR) is 114 cm³/mol. The van der Waals surface area contributed by atoms with Gasteiger partial charge in [0.1, 0.15) is 5.76 Å². The molecule has 0 spiro atoms. The Morgan fingerprint density at radius 2 is 1.76 bits per heavy atom. The van der Waals surface area contributed by atoms with Crippen LogP contribution < -0.4 is 5.32 Å². The first-order valence-corrected chi connectivity index (χ1v) is 10.3. The smallest absolute Gasteiger partial charge is 0.230 e. The van der Waals surface area contributed by atoms with Gasteiger partial charge in [-0.2, -0.15) is 0 Å². The second-order valence-corrected chi connectivity index (χ2v) is 7.45. The predicted octanol–water partition coefficient (Wildman–Crippen LogP) is 4.60. The summed E-state index contributed by atoms with van der Waals surface area (Å²) in [5.74, 6) is 1.12. The number of thioether (sulfide) groups is 1. The molecule has 0 aliphatic heterocycles. The molecule has 146 valence electrons. The molecule has 0 atom stereocenters. The van der Waals surface area contributed by atoms with E-state index in [0.717, 1.165) is 27.7 Å². The van der Waals surface area contributed by atoms with Crippen molar-refractivity contribution in [3.8, 4) is 11.3 Å². The van der Waals surface area contributed by atoms with Gasteiger partial charge < -0.3 is 14.3 Å². The lowest BCUT2D eigenvalue weighted by atomic mass is 10.2. The maximum Gasteiger partial charge on any atom is 0.230 e. The van der Waals surface area contributed by atoms with Crippen LogP contribution in [0.4, 0.5) is 0 Å². The van der Waals surface area contributed by atoms with Gasteiger partial charge in [0.05, 0.1) is 30.5 Å². The van der Waals surface area contributed by atoms with Crippen molar-refractivity contribution in [1.82, 2.24) is 14.9 Å². The highest BCUT2D eigenvalue weighted by Crippen LogP contribution is 2.27. The SMILES string of the molecule is O=C(CSc1ncc(-c2ccccc2)n1Cc1ccco1)NCc1ccccc1. The third-order valence-electron chi connectivity index (χ3n) is 4.45. The van der Waals surface area contributed by atoms with E-state index in [9.17, 15) is 4.79 Å². The Labute approximate surface area is 173 Å². The molecule has 4 rings (SSSR count). The van der Waals surface area contributed by atoms with Crippen LogP contribution in [0.25, 0.3) is 11.3 Å². The second kappa shape index (κ2) is 9.30. The van der Waals surface area contributed by atoms with Crippen molar-refractivity contribution < 1.29 is 9.21 Å². The fraction of sp³-hybridized carbons (Fsp3) is 0.130. The van der Waals surface area contributed by atoms with Gasteiger partial charge in [-0.05, 0) is 23.3 Å². The summed E-state index contributed by atoms with van der Waals surface area (Å²) >= 11 is 1.43. The van der Waals surface area contributed by atoms with Crippen LogP contribution in [0.5, 0.6) is 0 Å². The van der Waals surface area contributed by atoms with Crippen LogP contribution in [0.15, 0.2) is 94.8 Å². The number of nitrogens with zero attached hydrogens (tertiary/aromatic N) is 2. The maximum absolute atomic E-state index is 12.3. The standard InChI is InChI=1S/C23H21N3O2S/c27-22(24-14-18-8-3-1-4-9-18)17-29-23-25-15-21(19-10-5-2-6-11-19)26(23)16-20-12-7-13-28-20/h1-13,15H,14,16-17H2,(H,24,27). The van der Waals surface area contributed by atoms with Crippen LogP contribution in [0.3, 0.4) is 0 Å². The van der Waals surface area contributed by atoms with E-state index in [1.54, 1.807) is 6.26 Å². The summed E-state index contributed by atoms with van der Waals surface area (Å²) < 4.78 is 7.62. The van der Waals surface area contributed by atoms with Gasteiger partial charge in [0.15, 0.2) is 5.16 Å². The van der Waals surface area contributed by atoms with Crippen molar-refractivity contribution in [2.75, 3.05) is 5.75 Å². The average Bonchev–Trinajstić information content (AvgIpc) is 3.42. The number of hydrogen-bond acceptors (Lipinski definition) is 4. The van der Waals surface area contributed by atoms with E-state index in [2.05, 4.69) is 27.0 Å². The van der Waals surface area contributed by atoms with E-state index in [4.69, 9.17) is 4.42 Å². The summed E-state index contributed by atoms with van der Waals surface area (Å²) in [6, 6.07) is 23.8. The molecule has 5 nitrogen and oxygen atoms in total. The first-order chi connectivity index (χ1) is 14.3. The zero-order chi connectivity index (χ0) is 19.9. The Balaban J connectivity index is 1.46. The van der Waals surface area contributed by atoms with Crippen LogP contribution >= 0.6 is 11.8 Å². The second-order valence-electron chi connectivity index (χ2n) is 6.51. The molecule has 29 heavy (non-hydrogen) atoms. The number of carbonyl (C=O) groups is 1. The first-order valence-electron chi connectivity index (χ1n) is 9.36. The number of rotatable bonds is 8. The lowest BCUT2D eigenvalue weighted by Gasteiger charge is -2.11. The van der Waals surface area contributed by atoms with E-state index >= 15 is 0 Å². The van der Waals surface area contributed by atoms with Gasteiger partial charge in [-0.3, -0.25) is 4.79 Å². The highest BCUT2D eigenvalue weighted by atomic mass is 32.2. The minimum Gasteiger partial charge on any atom is -0.467 e. The van der Waals surface area contributed by atoms with Gasteiger partial charge in [0, 0.05) is 6.54 Å². The topological polar surface area (TPSA) is 60.1 Å². The number of nitrogens with one attached hydrogen (secondary N) is 1. The molecule has 1 N–H and O–H groups in total. The fourth-order valence-corrected chi connectivity index (χ4v) is 3.81. The molecule has 2 aromatic carbocycles. The fourth-order valence-electron chi connectivity index (χ4n) is 3.00. The molecule has 0 saturated carbocycles. The molecule has 4 aromatic rings. The molecule has 0 bridgehead atoms. The molecule has 0 unspecified atom stereocenters. The van der Waals surface area contributed by atoms with Gasteiger partial charge in [-0.15, -0.1) is 0 Å². The van der Waals surface area contributed by atoms with Crippen molar-refractivity contribution in [3.05, 3.63) is 96.6 Å². The van der Waals surface area contributed by atoms with Gasteiger partial charge in [0.2, 0.25) is 5.91 Å². The van der Waals surface area contributed by atoms with Crippen LogP contribution in [0.2, 0.25) is 0 Å². The number of hydrogen-bond donors (Lipinski definition) is 1. The van der Waals surface area contributed by atoms with Crippen LogP contribution in [0.1, 0.15) is 11.3 Å². The molecule has 2 heterocycles. The van der Waals surface area contributed by atoms with Gasteiger partial charge in [-0.1, -0.05) is 72.4 Å². The molecule has 6 heteroatoms. The lowest BCUT2D eigenvalue weighted by molar-refractivity contribution is -0.118. The Kier molecular flexibility index (Phi) is 6.12. The number of aromatic nitrogens is 2. The number of carbonyl (C=O) groups excluding carboxylic acids is 1. The number of amides is 1. The van der Waals surface area contributed by atoms with Gasteiger partial charge in [0.25, 0.3) is 0 Å². The van der Waals surface area contributed by atoms with Crippen LogP contribution in [-0.2, 0) is 17.9 Å². The monoisotopic (exact) mass is 403 g/mol. The molecule has 0 aliphatic rings. The largest absolute Gasteiger partial charge is 0.467 e. The highest BCUT2D eigenvalue weighted by molar-refractivity contribution is 7.99. The lowest BCUT2D eigenvalue weighted by Crippen LogP contribution is -2.24. The zero-order valence-electron chi connectivity index (χ0n) is 15.8. The molecule has 2 aromatic heterocycles. The minimum atomic E-state index is -0.0207. The Bertz CT molecular complexity index is 1040. The Hall–Kier alpha value is -3.25. The molecule has 0 fully saturated rings. The molecule has 0 radical (unpaired) electrons. The number of benzene rings is 2. The molecule has 0 aliphatic carbocycles. The summed E-state index contributed by atoms with van der Waals surface area (Å²) in [5, 5.41) is 3.74. The number of imidazole rings is 1. The van der Waals surface area contributed by atoms with Crippen LogP contribution in [0, 0.1) is 0 Å². The van der Waals surface area contributed by atoms with Crippen molar-refractivity contribution in [2.45, 2.75) is 18.2 Å². The Morgan fingerprint density at radius 1 is 1.00 bits per heavy atom. The number of furan rings is 1. The normalized spacial score (nSPS) is 10.8. The van der Waals surface area contributed by atoms with Crippen molar-refractivity contribution in [1.29, 1.82) is 0 Å². The van der Waals surface area contributed by atoms with Crippen molar-refractivity contribution in [2.24, 2.45) is 0 Å². The van der Waals surface area contributed by atoms with E-state index in [-0.39, 0.29) is 5.91 Å². The van der Waals surface area contributed by atoms with Crippen molar-refractivity contribution >= 4 is 17.7 Å². The minimum absolute atomic E-state index is 0.0207. The Morgan fingerprint density at radius 3 is 2.48 bits per heavy atom. The molecule has 1 amide bonds. The molecular weight excluding hydrogens is 382 g/mol. The molecular formula is C23H21N3O2S. The zero-order valence-corrected chi connectivity index (χ0v) is 16.6. The third-order valence-corrected chi connectivity index (χ3v) is 5.44. The highest BCUT2D eigenvalue weighted by Gasteiger charge is 2.15. The van der Waals surface area contributed by atoms with E-state index in [0.29, 0.717) is 18.8 Å². The van der Waals surface area contributed by atoms with E-state index < -0.39 is 0 Å². The summed E-state index contributed by atoms with van der Waals surface area (Å²) in [6.07, 6.45) is 3.51. The van der Waals surface area contributed by atoms with Crippen molar-refractivity contribution in [3.63, 3.8) is 0 Å². The van der Waals surface area contributed by atoms with Gasteiger partial charge >= 0.3 is 0 Å². The van der Waals surface area contributed by atoms with Gasteiger partial charge in [-0.25, -0.2) is 4.98 Å². The maximum atomic E-state index is 12.3. The van der Waals surface area contributed by atoms with E-state index in [1.807, 2.05) is 66.9 Å². The summed E-state index contributed by atoms with van der Waals surface area (Å²) in [5.41, 5.74) is 3.15. The quantitative estimate of drug-likeness (QED) is 0.437. The third kappa shape index (κ3) is 4.97.